The molecule has 0 spiro atoms. The van der Waals surface area contributed by atoms with Gasteiger partial charge in [0, 0.05) is 6.42 Å². The second-order valence-corrected chi connectivity index (χ2v) is 6.20. The van der Waals surface area contributed by atoms with Crippen LogP contribution in [-0.4, -0.2) is 22.0 Å². The van der Waals surface area contributed by atoms with E-state index in [0.29, 0.717) is 6.42 Å². The van der Waals surface area contributed by atoms with Crippen LogP contribution in [0.1, 0.15) is 43.5 Å². The maximum Gasteiger partial charge on any atom is 0.306 e. The Balaban J connectivity index is 1.57. The first-order valence-corrected chi connectivity index (χ1v) is 8.20. The average molecular weight is 311 g/mol. The van der Waals surface area contributed by atoms with Gasteiger partial charge in [0.2, 0.25) is 0 Å². The second-order valence-electron chi connectivity index (χ2n) is 6.20. The summed E-state index contributed by atoms with van der Waals surface area (Å²) in [5, 5.41) is 9.13. The molecule has 0 amide bonds. The number of esters is 1. The number of aromatic nitrogens is 2. The Morgan fingerprint density at radius 3 is 3.04 bits per heavy atom. The Kier molecular flexibility index (Phi) is 4.61. The van der Waals surface area contributed by atoms with Crippen LogP contribution in [0.25, 0.3) is 11.0 Å². The average Bonchev–Trinajstić information content (AvgIpc) is 2.98. The third kappa shape index (κ3) is 3.53. The first-order valence-electron chi connectivity index (χ1n) is 8.20. The van der Waals surface area contributed by atoms with Gasteiger partial charge in [-0.05, 0) is 37.8 Å². The third-order valence-corrected chi connectivity index (χ3v) is 4.48. The molecule has 0 radical (unpaired) electrons. The van der Waals surface area contributed by atoms with Gasteiger partial charge in [-0.3, -0.25) is 4.79 Å². The van der Waals surface area contributed by atoms with Crippen LogP contribution in [-0.2, 0) is 16.0 Å². The second kappa shape index (κ2) is 6.82. The molecule has 0 aliphatic heterocycles. The van der Waals surface area contributed by atoms with Crippen LogP contribution < -0.4 is 0 Å². The summed E-state index contributed by atoms with van der Waals surface area (Å²) in [7, 11) is 0. The number of carbonyl (C=O) groups is 1. The fraction of sp³-hybridized carbons (Fsp3) is 0.500. The van der Waals surface area contributed by atoms with Gasteiger partial charge in [0.1, 0.15) is 11.9 Å². The van der Waals surface area contributed by atoms with E-state index in [0.717, 1.165) is 48.1 Å². The molecule has 3 rings (SSSR count). The summed E-state index contributed by atoms with van der Waals surface area (Å²) in [6.45, 7) is 2.02. The number of hydrogen-bond acceptors (Lipinski definition) is 4. The highest BCUT2D eigenvalue weighted by molar-refractivity contribution is 5.78. The van der Waals surface area contributed by atoms with Gasteiger partial charge in [0.25, 0.3) is 0 Å². The van der Waals surface area contributed by atoms with Crippen LogP contribution >= 0.6 is 0 Å². The highest BCUT2D eigenvalue weighted by Gasteiger charge is 2.28. The Hall–Kier alpha value is -2.35. The monoisotopic (exact) mass is 311 g/mol. The molecule has 1 fully saturated rings. The number of imidazole rings is 1. The van der Waals surface area contributed by atoms with Crippen molar-refractivity contribution in [3.8, 4) is 6.07 Å². The lowest BCUT2D eigenvalue weighted by Crippen LogP contribution is -2.29. The number of nitrogens with one attached hydrogen (secondary N) is 1. The number of ether oxygens (including phenoxy) is 1. The van der Waals surface area contributed by atoms with Crippen molar-refractivity contribution >= 4 is 17.0 Å². The predicted octanol–water partition coefficient (Wildman–Crippen LogP) is 3.43. The summed E-state index contributed by atoms with van der Waals surface area (Å²) in [5.41, 5.74) is 3.06. The first kappa shape index (κ1) is 15.5. The van der Waals surface area contributed by atoms with Crippen LogP contribution in [0.5, 0.6) is 0 Å². The number of H-pyrrole nitrogens is 1. The third-order valence-electron chi connectivity index (χ3n) is 4.48. The number of para-hydroxylation sites is 1. The summed E-state index contributed by atoms with van der Waals surface area (Å²) in [6.07, 6.45) is 4.28. The molecular weight excluding hydrogens is 290 g/mol. The van der Waals surface area contributed by atoms with E-state index in [4.69, 9.17) is 10.00 Å². The number of nitrogens with zero attached hydrogens (tertiary/aromatic N) is 2. The van der Waals surface area contributed by atoms with Crippen molar-refractivity contribution in [2.45, 2.75) is 51.6 Å². The van der Waals surface area contributed by atoms with E-state index in [1.165, 1.54) is 0 Å². The molecule has 1 aromatic heterocycles. The van der Waals surface area contributed by atoms with Crippen molar-refractivity contribution in [1.82, 2.24) is 9.97 Å². The Morgan fingerprint density at radius 1 is 1.43 bits per heavy atom. The number of aryl methyl sites for hydroxylation is 2. The van der Waals surface area contributed by atoms with Gasteiger partial charge in [-0.2, -0.15) is 5.26 Å². The zero-order valence-electron chi connectivity index (χ0n) is 13.3. The Labute approximate surface area is 135 Å². The zero-order chi connectivity index (χ0) is 16.2. The summed E-state index contributed by atoms with van der Waals surface area (Å²) in [5.74, 6) is 0.405. The number of hydrogen-bond donors (Lipinski definition) is 1. The summed E-state index contributed by atoms with van der Waals surface area (Å²) < 4.78 is 5.51. The molecular formula is C18H21N3O2. The van der Waals surface area contributed by atoms with Crippen LogP contribution in [0.15, 0.2) is 18.2 Å². The van der Waals surface area contributed by atoms with Crippen LogP contribution in [0.3, 0.4) is 0 Å². The highest BCUT2D eigenvalue weighted by Crippen LogP contribution is 2.26. The molecule has 1 N–H and O–H groups in total. The number of nitriles is 1. The Morgan fingerprint density at radius 2 is 2.26 bits per heavy atom. The molecule has 23 heavy (non-hydrogen) atoms. The standard InChI is InChI=1S/C18H21N3O2/c1-12-5-4-7-14-18(12)21-16(20-14)9-10-17(22)23-15-8-3-2-6-13(15)11-19/h4-5,7,13,15H,2-3,6,8-10H2,1H3,(H,20,21)/t13-,15+/m0/s1. The summed E-state index contributed by atoms with van der Waals surface area (Å²) in [6, 6.07) is 8.25. The first-order chi connectivity index (χ1) is 11.2. The van der Waals surface area contributed by atoms with E-state index in [2.05, 4.69) is 16.0 Å². The van der Waals surface area contributed by atoms with E-state index < -0.39 is 0 Å². The zero-order valence-corrected chi connectivity index (χ0v) is 13.3. The number of benzene rings is 1. The quantitative estimate of drug-likeness (QED) is 0.877. The fourth-order valence-electron chi connectivity index (χ4n) is 3.18. The summed E-state index contributed by atoms with van der Waals surface area (Å²) >= 11 is 0. The van der Waals surface area contributed by atoms with Crippen molar-refractivity contribution in [2.24, 2.45) is 5.92 Å². The van der Waals surface area contributed by atoms with Gasteiger partial charge in [-0.25, -0.2) is 4.98 Å². The molecule has 1 heterocycles. The van der Waals surface area contributed by atoms with E-state index >= 15 is 0 Å². The van der Waals surface area contributed by atoms with Gasteiger partial charge in [0.05, 0.1) is 29.4 Å². The molecule has 2 aromatic rings. The topological polar surface area (TPSA) is 78.8 Å². The van der Waals surface area contributed by atoms with Gasteiger partial charge < -0.3 is 9.72 Å². The van der Waals surface area contributed by atoms with E-state index in [1.807, 2.05) is 25.1 Å². The van der Waals surface area contributed by atoms with E-state index in [1.54, 1.807) is 0 Å². The summed E-state index contributed by atoms with van der Waals surface area (Å²) in [4.78, 5) is 19.8. The molecule has 1 aliphatic carbocycles. The lowest BCUT2D eigenvalue weighted by atomic mass is 9.87. The molecule has 5 heteroatoms. The largest absolute Gasteiger partial charge is 0.461 e. The predicted molar refractivity (Wildman–Crippen MR) is 86.6 cm³/mol. The number of rotatable bonds is 4. The SMILES string of the molecule is Cc1cccc2[nH]c(CCC(=O)O[C@@H]3CCCC[C@H]3C#N)nc12. The van der Waals surface area contributed by atoms with E-state index in [-0.39, 0.29) is 24.4 Å². The lowest BCUT2D eigenvalue weighted by Gasteiger charge is -2.26. The molecule has 0 saturated heterocycles. The molecule has 1 aromatic carbocycles. The number of fused-ring (bicyclic) bond motifs is 1. The fourth-order valence-corrected chi connectivity index (χ4v) is 3.18. The maximum atomic E-state index is 12.1. The van der Waals surface area contributed by atoms with E-state index in [9.17, 15) is 4.79 Å². The molecule has 2 atom stereocenters. The molecule has 0 bridgehead atoms. The minimum atomic E-state index is -0.241. The van der Waals surface area contributed by atoms with Crippen LogP contribution in [0, 0.1) is 24.2 Å². The Bertz CT molecular complexity index is 744. The molecule has 1 saturated carbocycles. The molecule has 120 valence electrons. The van der Waals surface area contributed by atoms with Crippen LogP contribution in [0.2, 0.25) is 0 Å². The minimum Gasteiger partial charge on any atom is -0.461 e. The molecule has 0 unspecified atom stereocenters. The van der Waals surface area contributed by atoms with Crippen molar-refractivity contribution < 1.29 is 9.53 Å². The molecule has 5 nitrogen and oxygen atoms in total. The van der Waals surface area contributed by atoms with Gasteiger partial charge >= 0.3 is 5.97 Å². The van der Waals surface area contributed by atoms with Crippen molar-refractivity contribution in [2.75, 3.05) is 0 Å². The molecule has 1 aliphatic rings. The minimum absolute atomic E-state index is 0.151. The lowest BCUT2D eigenvalue weighted by molar-refractivity contribution is -0.152. The van der Waals surface area contributed by atoms with Crippen molar-refractivity contribution in [3.63, 3.8) is 0 Å². The van der Waals surface area contributed by atoms with Crippen LogP contribution in [0.4, 0.5) is 0 Å². The van der Waals surface area contributed by atoms with Gasteiger partial charge in [0.15, 0.2) is 0 Å². The highest BCUT2D eigenvalue weighted by atomic mass is 16.5. The van der Waals surface area contributed by atoms with Gasteiger partial charge in [-0.1, -0.05) is 18.6 Å². The van der Waals surface area contributed by atoms with Crippen molar-refractivity contribution in [3.05, 3.63) is 29.6 Å². The smallest absolute Gasteiger partial charge is 0.306 e. The van der Waals surface area contributed by atoms with Crippen molar-refractivity contribution in [1.29, 1.82) is 5.26 Å². The number of carbonyl (C=O) groups excluding carboxylic acids is 1. The van der Waals surface area contributed by atoms with Gasteiger partial charge in [-0.15, -0.1) is 0 Å². The normalized spacial score (nSPS) is 21.0. The maximum absolute atomic E-state index is 12.1. The number of aromatic amines is 1.